The molecule has 1 aromatic heterocycles. The van der Waals surface area contributed by atoms with Crippen molar-refractivity contribution in [2.24, 2.45) is 0 Å². The molecule has 3 N–H and O–H groups in total. The van der Waals surface area contributed by atoms with Crippen LogP contribution < -0.4 is 11.1 Å². The number of nitriles is 1. The highest BCUT2D eigenvalue weighted by molar-refractivity contribution is 7.99. The van der Waals surface area contributed by atoms with Gasteiger partial charge in [-0.1, -0.05) is 18.2 Å². The Morgan fingerprint density at radius 3 is 2.79 bits per heavy atom. The van der Waals surface area contributed by atoms with E-state index < -0.39 is 0 Å². The predicted molar refractivity (Wildman–Crippen MR) is 97.0 cm³/mol. The van der Waals surface area contributed by atoms with Crippen molar-refractivity contribution in [2.45, 2.75) is 25.0 Å². The number of thioether (sulfide) groups is 1. The molecule has 0 aliphatic heterocycles. The molecule has 0 aliphatic carbocycles. The number of aryl methyl sites for hydroxylation is 1. The standard InChI is InChI=1S/C17H21N5OS/c1-12(24-2)17(23)20-10-6-9-15-14(11-18)16(19)22(21-15)13-7-4-3-5-8-13/h3-5,7-8,12H,6,9-10,19H2,1-2H3,(H,20,23)/t12-/m1/s1. The fourth-order valence-corrected chi connectivity index (χ4v) is 2.56. The van der Waals surface area contributed by atoms with E-state index in [1.54, 1.807) is 4.68 Å². The van der Waals surface area contributed by atoms with Gasteiger partial charge in [-0.3, -0.25) is 4.79 Å². The number of anilines is 1. The Balaban J connectivity index is 2.04. The molecule has 6 nitrogen and oxygen atoms in total. The van der Waals surface area contributed by atoms with Gasteiger partial charge in [0, 0.05) is 6.54 Å². The van der Waals surface area contributed by atoms with Crippen molar-refractivity contribution in [3.05, 3.63) is 41.6 Å². The normalized spacial score (nSPS) is 11.7. The van der Waals surface area contributed by atoms with Crippen molar-refractivity contribution in [3.8, 4) is 11.8 Å². The third-order valence-corrected chi connectivity index (χ3v) is 4.64. The largest absolute Gasteiger partial charge is 0.382 e. The molecule has 2 rings (SSSR count). The van der Waals surface area contributed by atoms with E-state index >= 15 is 0 Å². The van der Waals surface area contributed by atoms with Crippen LogP contribution in [0.25, 0.3) is 5.69 Å². The number of hydrogen-bond acceptors (Lipinski definition) is 5. The lowest BCUT2D eigenvalue weighted by Gasteiger charge is -2.08. The van der Waals surface area contributed by atoms with Crippen LogP contribution in [0.1, 0.15) is 24.6 Å². The summed E-state index contributed by atoms with van der Waals surface area (Å²) in [5.74, 6) is 0.371. The molecular formula is C17H21N5OS. The van der Waals surface area contributed by atoms with Crippen LogP contribution in [0, 0.1) is 11.3 Å². The number of nitrogen functional groups attached to an aromatic ring is 1. The highest BCUT2D eigenvalue weighted by Crippen LogP contribution is 2.21. The Morgan fingerprint density at radius 2 is 2.17 bits per heavy atom. The zero-order valence-electron chi connectivity index (χ0n) is 13.8. The van der Waals surface area contributed by atoms with Gasteiger partial charge < -0.3 is 11.1 Å². The second kappa shape index (κ2) is 8.41. The number of amides is 1. The average Bonchev–Trinajstić information content (AvgIpc) is 2.94. The van der Waals surface area contributed by atoms with Gasteiger partial charge in [0.05, 0.1) is 16.6 Å². The first-order valence-corrected chi connectivity index (χ1v) is 9.00. The van der Waals surface area contributed by atoms with Gasteiger partial charge >= 0.3 is 0 Å². The summed E-state index contributed by atoms with van der Waals surface area (Å²) < 4.78 is 1.59. The number of rotatable bonds is 7. The lowest BCUT2D eigenvalue weighted by molar-refractivity contribution is -0.120. The van der Waals surface area contributed by atoms with Gasteiger partial charge in [-0.05, 0) is 38.2 Å². The van der Waals surface area contributed by atoms with E-state index in [0.29, 0.717) is 36.5 Å². The van der Waals surface area contributed by atoms with E-state index in [9.17, 15) is 10.1 Å². The van der Waals surface area contributed by atoms with E-state index in [1.165, 1.54) is 11.8 Å². The Morgan fingerprint density at radius 1 is 1.46 bits per heavy atom. The number of nitrogens with zero attached hydrogens (tertiary/aromatic N) is 3. The van der Waals surface area contributed by atoms with Crippen molar-refractivity contribution in [1.29, 1.82) is 5.26 Å². The van der Waals surface area contributed by atoms with Crippen molar-refractivity contribution < 1.29 is 4.79 Å². The molecule has 0 radical (unpaired) electrons. The van der Waals surface area contributed by atoms with E-state index in [2.05, 4.69) is 16.5 Å². The second-order valence-corrected chi connectivity index (χ2v) is 6.52. The number of aromatic nitrogens is 2. The molecule has 0 saturated heterocycles. The Bertz CT molecular complexity index is 735. The third-order valence-electron chi connectivity index (χ3n) is 3.72. The molecule has 1 atom stereocenters. The minimum Gasteiger partial charge on any atom is -0.382 e. The minimum atomic E-state index is -0.0624. The number of hydrogen-bond donors (Lipinski definition) is 2. The summed E-state index contributed by atoms with van der Waals surface area (Å²) in [6.45, 7) is 2.42. The molecule has 1 amide bonds. The molecule has 0 saturated carbocycles. The summed E-state index contributed by atoms with van der Waals surface area (Å²) in [7, 11) is 0. The van der Waals surface area contributed by atoms with Crippen LogP contribution in [0.15, 0.2) is 30.3 Å². The smallest absolute Gasteiger partial charge is 0.232 e. The molecule has 0 spiro atoms. The predicted octanol–water partition coefficient (Wildman–Crippen LogP) is 2.13. The van der Waals surface area contributed by atoms with Crippen LogP contribution in [-0.2, 0) is 11.2 Å². The highest BCUT2D eigenvalue weighted by atomic mass is 32.2. The quantitative estimate of drug-likeness (QED) is 0.751. The molecule has 126 valence electrons. The summed E-state index contributed by atoms with van der Waals surface area (Å²) in [5, 5.41) is 16.6. The maximum Gasteiger partial charge on any atom is 0.232 e. The number of carbonyl (C=O) groups excluding carboxylic acids is 1. The van der Waals surface area contributed by atoms with E-state index in [-0.39, 0.29) is 11.2 Å². The SMILES string of the molecule is CS[C@H](C)C(=O)NCCCc1nn(-c2ccccc2)c(N)c1C#N. The molecule has 1 heterocycles. The Kier molecular flexibility index (Phi) is 6.27. The molecule has 1 aromatic carbocycles. The van der Waals surface area contributed by atoms with Gasteiger partial charge in [0.2, 0.25) is 5.91 Å². The first-order valence-electron chi connectivity index (χ1n) is 7.71. The summed E-state index contributed by atoms with van der Waals surface area (Å²) in [4.78, 5) is 11.7. The van der Waals surface area contributed by atoms with E-state index in [0.717, 1.165) is 5.69 Å². The minimum absolute atomic E-state index is 0.0253. The van der Waals surface area contributed by atoms with Gasteiger partial charge in [0.15, 0.2) is 0 Å². The Hall–Kier alpha value is -2.46. The van der Waals surface area contributed by atoms with Crippen LogP contribution in [0.2, 0.25) is 0 Å². The summed E-state index contributed by atoms with van der Waals surface area (Å²) in [6.07, 6.45) is 3.19. The van der Waals surface area contributed by atoms with Gasteiger partial charge in [0.25, 0.3) is 0 Å². The number of nitrogens with two attached hydrogens (primary N) is 1. The number of carbonyl (C=O) groups is 1. The molecule has 7 heteroatoms. The molecule has 0 unspecified atom stereocenters. The van der Waals surface area contributed by atoms with Gasteiger partial charge in [-0.2, -0.15) is 22.1 Å². The van der Waals surface area contributed by atoms with E-state index in [4.69, 9.17) is 5.73 Å². The van der Waals surface area contributed by atoms with Crippen LogP contribution in [-0.4, -0.2) is 33.7 Å². The third kappa shape index (κ3) is 4.09. The van der Waals surface area contributed by atoms with Gasteiger partial charge in [-0.25, -0.2) is 4.68 Å². The van der Waals surface area contributed by atoms with Crippen LogP contribution in [0.3, 0.4) is 0 Å². The molecule has 0 aliphatic rings. The van der Waals surface area contributed by atoms with Crippen LogP contribution >= 0.6 is 11.8 Å². The van der Waals surface area contributed by atoms with Crippen molar-refractivity contribution >= 4 is 23.5 Å². The molecule has 2 aromatic rings. The Labute approximate surface area is 146 Å². The first-order chi connectivity index (χ1) is 11.6. The fraction of sp³-hybridized carbons (Fsp3) is 0.353. The lowest BCUT2D eigenvalue weighted by Crippen LogP contribution is -2.31. The zero-order valence-corrected chi connectivity index (χ0v) is 14.6. The van der Waals surface area contributed by atoms with Crippen molar-refractivity contribution in [1.82, 2.24) is 15.1 Å². The second-order valence-electron chi connectivity index (χ2n) is 5.34. The number of benzene rings is 1. The monoisotopic (exact) mass is 343 g/mol. The summed E-state index contributed by atoms with van der Waals surface area (Å²) >= 11 is 1.51. The van der Waals surface area contributed by atoms with Crippen LogP contribution in [0.4, 0.5) is 5.82 Å². The lowest BCUT2D eigenvalue weighted by atomic mass is 10.1. The first kappa shape index (κ1) is 17.9. The van der Waals surface area contributed by atoms with Gasteiger partial charge in [0.1, 0.15) is 17.5 Å². The molecular weight excluding hydrogens is 322 g/mol. The molecule has 24 heavy (non-hydrogen) atoms. The summed E-state index contributed by atoms with van der Waals surface area (Å²) in [6, 6.07) is 11.6. The molecule has 0 bridgehead atoms. The maximum absolute atomic E-state index is 11.7. The maximum atomic E-state index is 11.7. The fourth-order valence-electron chi connectivity index (χ4n) is 2.26. The number of para-hydroxylation sites is 1. The van der Waals surface area contributed by atoms with Gasteiger partial charge in [-0.15, -0.1) is 0 Å². The molecule has 0 fully saturated rings. The zero-order chi connectivity index (χ0) is 17.5. The van der Waals surface area contributed by atoms with E-state index in [1.807, 2.05) is 43.5 Å². The van der Waals surface area contributed by atoms with Crippen molar-refractivity contribution in [2.75, 3.05) is 18.5 Å². The highest BCUT2D eigenvalue weighted by Gasteiger charge is 2.16. The number of nitrogens with one attached hydrogen (secondary N) is 1. The average molecular weight is 343 g/mol. The summed E-state index contributed by atoms with van der Waals surface area (Å²) in [5.41, 5.74) is 7.95. The van der Waals surface area contributed by atoms with Crippen molar-refractivity contribution in [3.63, 3.8) is 0 Å². The van der Waals surface area contributed by atoms with Crippen LogP contribution in [0.5, 0.6) is 0 Å². The topological polar surface area (TPSA) is 96.7 Å².